The van der Waals surface area contributed by atoms with Crippen LogP contribution in [0.25, 0.3) is 33.6 Å². The van der Waals surface area contributed by atoms with Gasteiger partial charge in [-0.25, -0.2) is 4.98 Å². The highest BCUT2D eigenvalue weighted by molar-refractivity contribution is 7.27. The SMILES string of the molecule is COc1ccc(-c2ccc(-c3ccc(P)cc3)nc2-c2ccc(O)cc2)cc1. The first-order valence-corrected chi connectivity index (χ1v) is 9.52. The average Bonchev–Trinajstić information content (AvgIpc) is 2.74. The highest BCUT2D eigenvalue weighted by atomic mass is 31.0. The lowest BCUT2D eigenvalue weighted by molar-refractivity contribution is 0.415. The van der Waals surface area contributed by atoms with E-state index in [-0.39, 0.29) is 5.75 Å². The number of rotatable bonds is 4. The summed E-state index contributed by atoms with van der Waals surface area (Å²) < 4.78 is 5.27. The van der Waals surface area contributed by atoms with Crippen LogP contribution in [0.1, 0.15) is 0 Å². The van der Waals surface area contributed by atoms with Gasteiger partial charge < -0.3 is 9.84 Å². The number of phenolic OH excluding ortho intramolecular Hbond substituents is 1. The molecule has 138 valence electrons. The molecule has 3 aromatic carbocycles. The van der Waals surface area contributed by atoms with Gasteiger partial charge >= 0.3 is 0 Å². The third kappa shape index (κ3) is 3.76. The number of hydrogen-bond acceptors (Lipinski definition) is 3. The maximum absolute atomic E-state index is 9.67. The Kier molecular flexibility index (Phi) is 5.10. The summed E-state index contributed by atoms with van der Waals surface area (Å²) in [5.74, 6) is 1.05. The fourth-order valence-corrected chi connectivity index (χ4v) is 3.31. The van der Waals surface area contributed by atoms with Gasteiger partial charge in [-0.05, 0) is 53.3 Å². The van der Waals surface area contributed by atoms with Crippen LogP contribution in [0.5, 0.6) is 11.5 Å². The number of nitrogens with zero attached hydrogens (tertiary/aromatic N) is 1. The summed E-state index contributed by atoms with van der Waals surface area (Å²) in [6.07, 6.45) is 0. The number of pyridine rings is 1. The Morgan fingerprint density at radius 3 is 1.96 bits per heavy atom. The largest absolute Gasteiger partial charge is 0.508 e. The smallest absolute Gasteiger partial charge is 0.118 e. The van der Waals surface area contributed by atoms with Gasteiger partial charge in [-0.2, -0.15) is 0 Å². The van der Waals surface area contributed by atoms with Gasteiger partial charge in [0.05, 0.1) is 18.5 Å². The van der Waals surface area contributed by atoms with Crippen LogP contribution in [0.4, 0.5) is 0 Å². The molecule has 0 saturated carbocycles. The van der Waals surface area contributed by atoms with Gasteiger partial charge in [0.2, 0.25) is 0 Å². The summed E-state index contributed by atoms with van der Waals surface area (Å²) in [4.78, 5) is 4.97. The molecule has 4 aromatic rings. The second kappa shape index (κ2) is 7.84. The van der Waals surface area contributed by atoms with E-state index in [4.69, 9.17) is 9.72 Å². The summed E-state index contributed by atoms with van der Waals surface area (Å²) >= 11 is 0. The summed E-state index contributed by atoms with van der Waals surface area (Å²) in [7, 11) is 4.36. The van der Waals surface area contributed by atoms with E-state index in [2.05, 4.69) is 39.6 Å². The van der Waals surface area contributed by atoms with Gasteiger partial charge in [0, 0.05) is 16.7 Å². The Morgan fingerprint density at radius 2 is 1.32 bits per heavy atom. The van der Waals surface area contributed by atoms with Crippen LogP contribution in [-0.2, 0) is 0 Å². The van der Waals surface area contributed by atoms with Crippen molar-refractivity contribution < 1.29 is 9.84 Å². The molecular weight excluding hydrogens is 365 g/mol. The molecule has 0 aliphatic heterocycles. The van der Waals surface area contributed by atoms with Gasteiger partial charge in [-0.15, -0.1) is 9.24 Å². The fraction of sp³-hybridized carbons (Fsp3) is 0.0417. The van der Waals surface area contributed by atoms with E-state index in [1.165, 1.54) is 0 Å². The molecule has 0 saturated heterocycles. The van der Waals surface area contributed by atoms with Crippen LogP contribution < -0.4 is 10.0 Å². The zero-order valence-electron chi connectivity index (χ0n) is 15.5. The summed E-state index contributed by atoms with van der Waals surface area (Å²) in [6, 6.07) is 27.5. The monoisotopic (exact) mass is 385 g/mol. The van der Waals surface area contributed by atoms with Gasteiger partial charge in [-0.3, -0.25) is 0 Å². The van der Waals surface area contributed by atoms with E-state index in [0.29, 0.717) is 0 Å². The number of aromatic hydroxyl groups is 1. The lowest BCUT2D eigenvalue weighted by atomic mass is 9.97. The summed E-state index contributed by atoms with van der Waals surface area (Å²) in [5, 5.41) is 10.8. The third-order valence-electron chi connectivity index (χ3n) is 4.64. The maximum Gasteiger partial charge on any atom is 0.118 e. The third-order valence-corrected chi connectivity index (χ3v) is 5.03. The predicted molar refractivity (Wildman–Crippen MR) is 118 cm³/mol. The molecule has 0 bridgehead atoms. The molecule has 3 nitrogen and oxygen atoms in total. The number of hydrogen-bond donors (Lipinski definition) is 1. The number of ether oxygens (including phenoxy) is 1. The molecule has 1 atom stereocenters. The lowest BCUT2D eigenvalue weighted by Gasteiger charge is -2.13. The number of methoxy groups -OCH3 is 1. The molecule has 4 rings (SSSR count). The van der Waals surface area contributed by atoms with E-state index >= 15 is 0 Å². The molecule has 1 aromatic heterocycles. The Hall–Kier alpha value is -3.16. The normalized spacial score (nSPS) is 10.6. The van der Waals surface area contributed by atoms with Crippen molar-refractivity contribution in [2.24, 2.45) is 0 Å². The molecule has 0 aliphatic rings. The standard InChI is InChI=1S/C24H20NO2P/c1-27-20-10-4-16(5-11-20)22-14-15-23(17-6-12-21(28)13-7-17)25-24(22)18-2-8-19(26)9-3-18/h2-15,26H,28H2,1H3. The summed E-state index contributed by atoms with van der Waals surface area (Å²) in [6.45, 7) is 0. The molecule has 1 N–H and O–H groups in total. The van der Waals surface area contributed by atoms with Crippen molar-refractivity contribution >= 4 is 14.5 Å². The molecule has 4 heteroatoms. The quantitative estimate of drug-likeness (QED) is 0.485. The minimum Gasteiger partial charge on any atom is -0.508 e. The van der Waals surface area contributed by atoms with E-state index in [9.17, 15) is 5.11 Å². The molecule has 28 heavy (non-hydrogen) atoms. The molecule has 0 amide bonds. The highest BCUT2D eigenvalue weighted by Crippen LogP contribution is 2.34. The predicted octanol–water partition coefficient (Wildman–Crippen LogP) is 5.30. The molecule has 1 unspecified atom stereocenters. The highest BCUT2D eigenvalue weighted by Gasteiger charge is 2.12. The Labute approximate surface area is 166 Å². The summed E-state index contributed by atoms with van der Waals surface area (Å²) in [5.41, 5.74) is 5.88. The van der Waals surface area contributed by atoms with Crippen LogP contribution in [0, 0.1) is 0 Å². The molecule has 0 spiro atoms. The van der Waals surface area contributed by atoms with Crippen LogP contribution >= 0.6 is 9.24 Å². The lowest BCUT2D eigenvalue weighted by Crippen LogP contribution is -1.94. The van der Waals surface area contributed by atoms with Gasteiger partial charge in [0.25, 0.3) is 0 Å². The first-order valence-electron chi connectivity index (χ1n) is 8.95. The molecule has 0 aliphatic carbocycles. The van der Waals surface area contributed by atoms with Crippen molar-refractivity contribution in [3.05, 3.63) is 84.9 Å². The maximum atomic E-state index is 9.67. The zero-order valence-corrected chi connectivity index (χ0v) is 16.6. The Morgan fingerprint density at radius 1 is 0.714 bits per heavy atom. The zero-order chi connectivity index (χ0) is 19.5. The van der Waals surface area contributed by atoms with E-state index in [1.54, 1.807) is 19.2 Å². The van der Waals surface area contributed by atoms with Crippen LogP contribution in [0.15, 0.2) is 84.9 Å². The van der Waals surface area contributed by atoms with E-state index < -0.39 is 0 Å². The molecule has 0 radical (unpaired) electrons. The topological polar surface area (TPSA) is 42.4 Å². The Bertz CT molecular complexity index is 1090. The number of benzene rings is 3. The molecular formula is C24H20NO2P. The second-order valence-corrected chi connectivity index (χ2v) is 7.16. The van der Waals surface area contributed by atoms with Crippen molar-refractivity contribution in [1.82, 2.24) is 4.98 Å². The second-order valence-electron chi connectivity index (χ2n) is 6.49. The van der Waals surface area contributed by atoms with Crippen molar-refractivity contribution in [1.29, 1.82) is 0 Å². The minimum absolute atomic E-state index is 0.238. The van der Waals surface area contributed by atoms with Crippen molar-refractivity contribution in [3.63, 3.8) is 0 Å². The minimum atomic E-state index is 0.238. The first kappa shape index (κ1) is 18.2. The van der Waals surface area contributed by atoms with Gasteiger partial charge in [0.1, 0.15) is 11.5 Å². The van der Waals surface area contributed by atoms with Crippen LogP contribution in [-0.4, -0.2) is 17.2 Å². The average molecular weight is 385 g/mol. The van der Waals surface area contributed by atoms with Crippen LogP contribution in [0.3, 0.4) is 0 Å². The number of phenols is 1. The van der Waals surface area contributed by atoms with Gasteiger partial charge in [-0.1, -0.05) is 42.5 Å². The van der Waals surface area contributed by atoms with Crippen LogP contribution in [0.2, 0.25) is 0 Å². The fourth-order valence-electron chi connectivity index (χ4n) is 3.12. The first-order chi connectivity index (χ1) is 13.6. The number of aromatic nitrogens is 1. The Balaban J connectivity index is 1.87. The van der Waals surface area contributed by atoms with Gasteiger partial charge in [0.15, 0.2) is 0 Å². The molecule has 1 heterocycles. The van der Waals surface area contributed by atoms with Crippen molar-refractivity contribution in [2.45, 2.75) is 0 Å². The van der Waals surface area contributed by atoms with E-state index in [0.717, 1.165) is 44.7 Å². The van der Waals surface area contributed by atoms with E-state index in [1.807, 2.05) is 42.5 Å². The van der Waals surface area contributed by atoms with Crippen molar-refractivity contribution in [2.75, 3.05) is 7.11 Å². The molecule has 0 fully saturated rings. The van der Waals surface area contributed by atoms with Crippen molar-refractivity contribution in [3.8, 4) is 45.1 Å².